The maximum absolute atomic E-state index is 12.7. The highest BCUT2D eigenvalue weighted by Gasteiger charge is 2.41. The average Bonchev–Trinajstić information content (AvgIpc) is 3.41. The summed E-state index contributed by atoms with van der Waals surface area (Å²) < 4.78 is 2.00. The third-order valence-electron chi connectivity index (χ3n) is 5.78. The zero-order valence-corrected chi connectivity index (χ0v) is 16.3. The lowest BCUT2D eigenvalue weighted by Gasteiger charge is -2.40. The fourth-order valence-corrected chi connectivity index (χ4v) is 4.07. The molecule has 0 spiro atoms. The lowest BCUT2D eigenvalue weighted by Crippen LogP contribution is -2.51. The Balaban J connectivity index is 1.62. The molecule has 6 nitrogen and oxygen atoms in total. The zero-order chi connectivity index (χ0) is 19.4. The molecule has 3 aromatic rings. The van der Waals surface area contributed by atoms with E-state index >= 15 is 0 Å². The Bertz CT molecular complexity index is 1050. The van der Waals surface area contributed by atoms with Crippen molar-refractivity contribution >= 4 is 17.3 Å². The van der Waals surface area contributed by atoms with E-state index in [1.54, 1.807) is 11.2 Å². The van der Waals surface area contributed by atoms with Gasteiger partial charge in [0.2, 0.25) is 5.91 Å². The van der Waals surface area contributed by atoms with Crippen LogP contribution >= 0.6 is 0 Å². The molecule has 0 N–H and O–H groups in total. The highest BCUT2D eigenvalue weighted by molar-refractivity contribution is 6.05. The SMILES string of the molecule is Cc1ccc(-n2cnnc2-c2ccc3c(c2)N(C2CC2)C(C)C(=O)N3C)cc1. The predicted octanol–water partition coefficient (Wildman–Crippen LogP) is 3.58. The van der Waals surface area contributed by atoms with E-state index in [4.69, 9.17) is 0 Å². The second kappa shape index (κ2) is 6.19. The van der Waals surface area contributed by atoms with Crippen molar-refractivity contribution in [3.8, 4) is 17.1 Å². The number of aromatic nitrogens is 3. The van der Waals surface area contributed by atoms with Gasteiger partial charge in [0.05, 0.1) is 11.4 Å². The minimum absolute atomic E-state index is 0.143. The Kier molecular flexibility index (Phi) is 3.75. The number of anilines is 2. The monoisotopic (exact) mass is 373 g/mol. The van der Waals surface area contributed by atoms with Crippen LogP contribution in [0.5, 0.6) is 0 Å². The van der Waals surface area contributed by atoms with E-state index in [1.807, 2.05) is 30.7 Å². The molecule has 2 heterocycles. The molecule has 1 unspecified atom stereocenters. The van der Waals surface area contributed by atoms with Gasteiger partial charge >= 0.3 is 0 Å². The third kappa shape index (κ3) is 2.59. The van der Waals surface area contributed by atoms with Crippen LogP contribution in [0.4, 0.5) is 11.4 Å². The van der Waals surface area contributed by atoms with Crippen LogP contribution in [-0.2, 0) is 4.79 Å². The molecule has 0 radical (unpaired) electrons. The van der Waals surface area contributed by atoms with Gasteiger partial charge in [-0.1, -0.05) is 17.7 Å². The first-order valence-electron chi connectivity index (χ1n) is 9.72. The van der Waals surface area contributed by atoms with Gasteiger partial charge in [0, 0.05) is 24.3 Å². The van der Waals surface area contributed by atoms with Crippen LogP contribution in [0.2, 0.25) is 0 Å². The van der Waals surface area contributed by atoms with Gasteiger partial charge in [-0.2, -0.15) is 0 Å². The molecule has 5 rings (SSSR count). The summed E-state index contributed by atoms with van der Waals surface area (Å²) in [5.41, 5.74) is 5.31. The van der Waals surface area contributed by atoms with E-state index in [0.29, 0.717) is 6.04 Å². The summed E-state index contributed by atoms with van der Waals surface area (Å²) in [5.74, 6) is 0.949. The molecule has 1 saturated carbocycles. The van der Waals surface area contributed by atoms with E-state index in [0.717, 1.165) is 41.3 Å². The number of fused-ring (bicyclic) bond motifs is 1. The number of hydrogen-bond acceptors (Lipinski definition) is 4. The van der Waals surface area contributed by atoms with Crippen molar-refractivity contribution in [2.45, 2.75) is 38.8 Å². The number of carbonyl (C=O) groups is 1. The van der Waals surface area contributed by atoms with Gasteiger partial charge in [0.25, 0.3) is 0 Å². The molecule has 1 aromatic heterocycles. The number of hydrogen-bond donors (Lipinski definition) is 0. The first-order valence-corrected chi connectivity index (χ1v) is 9.72. The molecule has 0 saturated heterocycles. The average molecular weight is 373 g/mol. The normalized spacial score (nSPS) is 19.1. The molecule has 0 bridgehead atoms. The molecule has 2 aliphatic rings. The van der Waals surface area contributed by atoms with Crippen LogP contribution < -0.4 is 9.80 Å². The van der Waals surface area contributed by atoms with Gasteiger partial charge < -0.3 is 9.80 Å². The van der Waals surface area contributed by atoms with Gasteiger partial charge in [-0.15, -0.1) is 10.2 Å². The van der Waals surface area contributed by atoms with Crippen molar-refractivity contribution < 1.29 is 4.79 Å². The number of carbonyl (C=O) groups excluding carboxylic acids is 1. The Morgan fingerprint density at radius 3 is 2.50 bits per heavy atom. The summed E-state index contributed by atoms with van der Waals surface area (Å²) in [6.07, 6.45) is 4.03. The second-order valence-electron chi connectivity index (χ2n) is 7.78. The van der Waals surface area contributed by atoms with E-state index in [1.165, 1.54) is 5.56 Å². The van der Waals surface area contributed by atoms with Gasteiger partial charge in [-0.3, -0.25) is 9.36 Å². The second-order valence-corrected chi connectivity index (χ2v) is 7.78. The van der Waals surface area contributed by atoms with E-state index in [9.17, 15) is 4.79 Å². The van der Waals surface area contributed by atoms with Crippen LogP contribution in [0.25, 0.3) is 17.1 Å². The maximum Gasteiger partial charge on any atom is 0.249 e. The van der Waals surface area contributed by atoms with Crippen molar-refractivity contribution in [3.05, 3.63) is 54.4 Å². The number of amides is 1. The summed E-state index contributed by atoms with van der Waals surface area (Å²) in [4.78, 5) is 16.7. The molecule has 1 amide bonds. The molecule has 2 aromatic carbocycles. The number of nitrogens with zero attached hydrogens (tertiary/aromatic N) is 5. The fourth-order valence-electron chi connectivity index (χ4n) is 4.07. The number of aryl methyl sites for hydroxylation is 1. The van der Waals surface area contributed by atoms with E-state index < -0.39 is 0 Å². The van der Waals surface area contributed by atoms with Crippen LogP contribution in [0.1, 0.15) is 25.3 Å². The quantitative estimate of drug-likeness (QED) is 0.704. The summed E-state index contributed by atoms with van der Waals surface area (Å²) >= 11 is 0. The lowest BCUT2D eigenvalue weighted by atomic mass is 10.0. The fraction of sp³-hybridized carbons (Fsp3) is 0.318. The van der Waals surface area contributed by atoms with Crippen LogP contribution in [0.3, 0.4) is 0 Å². The molecule has 1 atom stereocenters. The van der Waals surface area contributed by atoms with Crippen molar-refractivity contribution in [1.82, 2.24) is 14.8 Å². The summed E-state index contributed by atoms with van der Waals surface area (Å²) in [7, 11) is 1.86. The zero-order valence-electron chi connectivity index (χ0n) is 16.3. The summed E-state index contributed by atoms with van der Waals surface area (Å²) in [6, 6.07) is 14.8. The first-order chi connectivity index (χ1) is 13.5. The number of rotatable bonds is 3. The third-order valence-corrected chi connectivity index (χ3v) is 5.78. The summed E-state index contributed by atoms with van der Waals surface area (Å²) in [5, 5.41) is 8.54. The Morgan fingerprint density at radius 2 is 1.79 bits per heavy atom. The maximum atomic E-state index is 12.7. The molecule has 1 aliphatic carbocycles. The minimum Gasteiger partial charge on any atom is -0.355 e. The largest absolute Gasteiger partial charge is 0.355 e. The Hall–Kier alpha value is -3.15. The Labute approximate surface area is 164 Å². The topological polar surface area (TPSA) is 54.3 Å². The lowest BCUT2D eigenvalue weighted by molar-refractivity contribution is -0.119. The minimum atomic E-state index is -0.143. The summed E-state index contributed by atoms with van der Waals surface area (Å²) in [6.45, 7) is 4.08. The van der Waals surface area contributed by atoms with Crippen molar-refractivity contribution in [2.75, 3.05) is 16.8 Å². The molecular formula is C22H23N5O. The van der Waals surface area contributed by atoms with Crippen LogP contribution in [0, 0.1) is 6.92 Å². The first kappa shape index (κ1) is 17.0. The highest BCUT2D eigenvalue weighted by Crippen LogP contribution is 2.43. The van der Waals surface area contributed by atoms with Gasteiger partial charge in [0.1, 0.15) is 12.4 Å². The molecule has 28 heavy (non-hydrogen) atoms. The van der Waals surface area contributed by atoms with Gasteiger partial charge in [-0.05, 0) is 57.0 Å². The van der Waals surface area contributed by atoms with Crippen molar-refractivity contribution in [1.29, 1.82) is 0 Å². The standard InChI is InChI=1S/C22H23N5O/c1-14-4-7-17(8-5-14)26-13-23-24-21(26)16-6-11-19-20(12-16)27(18-9-10-18)15(2)22(28)25(19)3/h4-8,11-13,15,18H,9-10H2,1-3H3. The smallest absolute Gasteiger partial charge is 0.249 e. The van der Waals surface area contributed by atoms with Gasteiger partial charge in [-0.25, -0.2) is 0 Å². The number of likely N-dealkylation sites (N-methyl/N-ethyl adjacent to an activating group) is 1. The van der Waals surface area contributed by atoms with E-state index in [-0.39, 0.29) is 11.9 Å². The molecule has 1 aliphatic heterocycles. The van der Waals surface area contributed by atoms with Crippen LogP contribution in [-0.4, -0.2) is 39.8 Å². The number of benzene rings is 2. The Morgan fingerprint density at radius 1 is 1.04 bits per heavy atom. The molecule has 1 fully saturated rings. The predicted molar refractivity (Wildman–Crippen MR) is 110 cm³/mol. The van der Waals surface area contributed by atoms with Crippen molar-refractivity contribution in [3.63, 3.8) is 0 Å². The van der Waals surface area contributed by atoms with Crippen LogP contribution in [0.15, 0.2) is 48.8 Å². The van der Waals surface area contributed by atoms with E-state index in [2.05, 4.69) is 52.4 Å². The molecular weight excluding hydrogens is 350 g/mol. The van der Waals surface area contributed by atoms with Gasteiger partial charge in [0.15, 0.2) is 5.82 Å². The molecule has 6 heteroatoms. The molecule has 142 valence electrons. The highest BCUT2D eigenvalue weighted by atomic mass is 16.2. The van der Waals surface area contributed by atoms with Crippen molar-refractivity contribution in [2.24, 2.45) is 0 Å².